The Bertz CT molecular complexity index is 376. The Balaban J connectivity index is 0. The molecular weight excluding hydrogens is 286 g/mol. The van der Waals surface area contributed by atoms with Crippen LogP contribution in [0.4, 0.5) is 0 Å². The van der Waals surface area contributed by atoms with Gasteiger partial charge in [0.25, 0.3) is 0 Å². The zero-order valence-corrected chi connectivity index (χ0v) is 16.1. The molecule has 0 amide bonds. The number of furan rings is 1. The fraction of sp³-hybridized carbons (Fsp3) is 0.250. The van der Waals surface area contributed by atoms with Crippen molar-refractivity contribution in [3.05, 3.63) is 11.5 Å². The Morgan fingerprint density at radius 3 is 1.47 bits per heavy atom. The predicted molar refractivity (Wildman–Crippen MR) is 40.3 cm³/mol. The largest absolute Gasteiger partial charge is 1.00 e. The molecule has 1 rings (SSSR count). The van der Waals surface area contributed by atoms with Crippen LogP contribution >= 0.6 is 0 Å². The Morgan fingerprint density at radius 1 is 0.941 bits per heavy atom. The molecule has 0 radical (unpaired) electrons. The van der Waals surface area contributed by atoms with Crippen LogP contribution in [0.5, 0.6) is 11.5 Å². The van der Waals surface area contributed by atoms with Gasteiger partial charge in [-0.3, -0.25) is 0 Å². The first kappa shape index (κ1) is 20.4. The Morgan fingerprint density at radius 2 is 1.24 bits per heavy atom. The van der Waals surface area contributed by atoms with Crippen LogP contribution in [0.1, 0.15) is 21.1 Å². The van der Waals surface area contributed by atoms with E-state index in [4.69, 9.17) is 0 Å². The average Bonchev–Trinajstić information content (AvgIpc) is 2.54. The molecule has 82 valence electrons. The molecule has 0 N–H and O–H groups in total. The maximum Gasteiger partial charge on any atom is 1.00 e. The van der Waals surface area contributed by atoms with Crippen molar-refractivity contribution in [1.29, 1.82) is 0 Å². The van der Waals surface area contributed by atoms with Gasteiger partial charge in [-0.05, 0) is 0 Å². The third-order valence-corrected chi connectivity index (χ3v) is 1.56. The molecule has 0 saturated carbocycles. The third kappa shape index (κ3) is 4.60. The monoisotopic (exact) mass is 292 g/mol. The van der Waals surface area contributed by atoms with Gasteiger partial charge in [-0.25, -0.2) is 9.59 Å². The number of ether oxygens (including phenoxy) is 2. The fourth-order valence-corrected chi connectivity index (χ4v) is 0.855. The maximum atomic E-state index is 11.1. The molecule has 17 heavy (non-hydrogen) atoms. The zero-order chi connectivity index (χ0) is 11.6. The average molecular weight is 292 g/mol. The van der Waals surface area contributed by atoms with Gasteiger partial charge in [0.05, 0.1) is 14.2 Å². The molecule has 0 aliphatic heterocycles. The summed E-state index contributed by atoms with van der Waals surface area (Å²) in [5.41, 5.74) is 0. The van der Waals surface area contributed by atoms with Crippen molar-refractivity contribution in [2.45, 2.75) is 0 Å². The van der Waals surface area contributed by atoms with Crippen molar-refractivity contribution in [3.63, 3.8) is 0 Å². The summed E-state index contributed by atoms with van der Waals surface area (Å²) in [4.78, 5) is 21.8. The van der Waals surface area contributed by atoms with Crippen LogP contribution in [0.15, 0.2) is 4.42 Å². The summed E-state index contributed by atoms with van der Waals surface area (Å²) in [6, 6.07) is 0. The molecule has 7 nitrogen and oxygen atoms in total. The molecule has 0 atom stereocenters. The first-order valence-electron chi connectivity index (χ1n) is 3.70. The standard InChI is InChI=1S/C8H8O7.2K/c1-13-7(11)5-3(9)4(10)6(15-5)8(12)14-2;;/h9-10H,1-2H3;;/q;2*+1/p-2. The number of methoxy groups -OCH3 is 2. The smallest absolute Gasteiger partial charge is 0.870 e. The summed E-state index contributed by atoms with van der Waals surface area (Å²) in [5, 5.41) is 22.2. The van der Waals surface area contributed by atoms with E-state index in [2.05, 4.69) is 13.9 Å². The van der Waals surface area contributed by atoms with E-state index in [-0.39, 0.29) is 103 Å². The van der Waals surface area contributed by atoms with Crippen LogP contribution in [0.2, 0.25) is 0 Å². The van der Waals surface area contributed by atoms with E-state index < -0.39 is 35.0 Å². The van der Waals surface area contributed by atoms with Gasteiger partial charge in [-0.1, -0.05) is 11.5 Å². The SMILES string of the molecule is COC(=O)c1oc(C(=O)OC)c([O-])c1[O-].[K+].[K+]. The van der Waals surface area contributed by atoms with Crippen molar-refractivity contribution in [2.24, 2.45) is 0 Å². The van der Waals surface area contributed by atoms with E-state index in [1.807, 2.05) is 0 Å². The van der Waals surface area contributed by atoms with Crippen molar-refractivity contribution in [2.75, 3.05) is 14.2 Å². The normalized spacial score (nSPS) is 8.59. The Labute approximate surface area is 182 Å². The van der Waals surface area contributed by atoms with Gasteiger partial charge >= 0.3 is 115 Å². The molecule has 0 aliphatic rings. The predicted octanol–water partition coefficient (Wildman–Crippen LogP) is -6.99. The van der Waals surface area contributed by atoms with E-state index in [9.17, 15) is 19.8 Å². The molecule has 1 aromatic rings. The van der Waals surface area contributed by atoms with Crippen molar-refractivity contribution in [1.82, 2.24) is 0 Å². The molecule has 0 aromatic carbocycles. The molecule has 1 aromatic heterocycles. The number of rotatable bonds is 2. The minimum atomic E-state index is -1.22. The van der Waals surface area contributed by atoms with Crippen LogP contribution in [0.25, 0.3) is 0 Å². The van der Waals surface area contributed by atoms with Crippen LogP contribution in [0.3, 0.4) is 0 Å². The van der Waals surface area contributed by atoms with Gasteiger partial charge in [-0.2, -0.15) is 0 Å². The number of carbonyl (C=O) groups excluding carboxylic acids is 2. The summed E-state index contributed by atoms with van der Waals surface area (Å²) < 4.78 is 12.8. The molecule has 0 unspecified atom stereocenters. The third-order valence-electron chi connectivity index (χ3n) is 1.56. The summed E-state index contributed by atoms with van der Waals surface area (Å²) in [6.45, 7) is 0. The molecule has 9 heteroatoms. The van der Waals surface area contributed by atoms with Gasteiger partial charge < -0.3 is 24.1 Å². The van der Waals surface area contributed by atoms with Gasteiger partial charge in [0.2, 0.25) is 11.5 Å². The molecule has 0 bridgehead atoms. The van der Waals surface area contributed by atoms with Gasteiger partial charge in [0, 0.05) is 0 Å². The van der Waals surface area contributed by atoms with E-state index >= 15 is 0 Å². The molecule has 0 saturated heterocycles. The second-order valence-electron chi connectivity index (χ2n) is 2.40. The summed E-state index contributed by atoms with van der Waals surface area (Å²) in [6.07, 6.45) is 0. The number of carbonyl (C=O) groups is 2. The van der Waals surface area contributed by atoms with Gasteiger partial charge in [0.1, 0.15) is 0 Å². The second-order valence-corrected chi connectivity index (χ2v) is 2.40. The molecular formula is C8H6K2O7. The van der Waals surface area contributed by atoms with Crippen molar-refractivity contribution in [3.8, 4) is 11.5 Å². The number of hydrogen-bond donors (Lipinski definition) is 0. The second kappa shape index (κ2) is 9.07. The topological polar surface area (TPSA) is 112 Å². The first-order chi connectivity index (χ1) is 7.02. The number of esters is 2. The summed E-state index contributed by atoms with van der Waals surface area (Å²) >= 11 is 0. The van der Waals surface area contributed by atoms with E-state index in [1.54, 1.807) is 0 Å². The fourth-order valence-electron chi connectivity index (χ4n) is 0.855. The van der Waals surface area contributed by atoms with Gasteiger partial charge in [-0.15, -0.1) is 0 Å². The minimum absolute atomic E-state index is 0. The maximum absolute atomic E-state index is 11.1. The quantitative estimate of drug-likeness (QED) is 0.393. The molecule has 0 fully saturated rings. The van der Waals surface area contributed by atoms with Crippen LogP contribution in [0, 0.1) is 0 Å². The van der Waals surface area contributed by atoms with E-state index in [1.165, 1.54) is 0 Å². The Kier molecular flexibility index (Phi) is 10.9. The summed E-state index contributed by atoms with van der Waals surface area (Å²) in [7, 11) is 2.01. The number of hydrogen-bond acceptors (Lipinski definition) is 7. The van der Waals surface area contributed by atoms with Crippen molar-refractivity contribution < 1.29 is 136 Å². The first-order valence-corrected chi connectivity index (χ1v) is 3.70. The minimum Gasteiger partial charge on any atom is -0.870 e. The molecule has 0 spiro atoms. The van der Waals surface area contributed by atoms with E-state index in [0.717, 1.165) is 14.2 Å². The zero-order valence-electron chi connectivity index (χ0n) is 9.86. The molecule has 0 aliphatic carbocycles. The van der Waals surface area contributed by atoms with Crippen LogP contribution < -0.4 is 113 Å². The van der Waals surface area contributed by atoms with Gasteiger partial charge in [0.15, 0.2) is 0 Å². The van der Waals surface area contributed by atoms with E-state index in [0.29, 0.717) is 0 Å². The van der Waals surface area contributed by atoms with Crippen molar-refractivity contribution >= 4 is 11.9 Å². The summed E-state index contributed by atoms with van der Waals surface area (Å²) in [5.74, 6) is -6.34. The van der Waals surface area contributed by atoms with Crippen LogP contribution in [-0.2, 0) is 9.47 Å². The van der Waals surface area contributed by atoms with Crippen LogP contribution in [-0.4, -0.2) is 26.2 Å². The Hall–Kier alpha value is 1.09. The molecule has 1 heterocycles.